The van der Waals surface area contributed by atoms with E-state index in [2.05, 4.69) is 18.8 Å². The predicted molar refractivity (Wildman–Crippen MR) is 114 cm³/mol. The summed E-state index contributed by atoms with van der Waals surface area (Å²) in [5.74, 6) is 1.50. The zero-order valence-electron chi connectivity index (χ0n) is 18.2. The highest BCUT2D eigenvalue weighted by Crippen LogP contribution is 2.34. The standard InChI is InChI=1S/C22H28N6O3/c1-14(2)12-28-18(29)8-7-16-15(3)24-20(25-21(16)28)17-6-4-11-27(17)19(30)13-26-10-5-9-23-22(26)31/h5,9-10,14,17H,4,6-8,11-13H2,1-3H3. The van der Waals surface area contributed by atoms with Crippen molar-refractivity contribution in [1.29, 1.82) is 0 Å². The average Bonchev–Trinajstić information content (AvgIpc) is 3.21. The van der Waals surface area contributed by atoms with Crippen LogP contribution in [0.1, 0.15) is 56.2 Å². The van der Waals surface area contributed by atoms with Crippen LogP contribution in [0.4, 0.5) is 5.82 Å². The second-order valence-electron chi connectivity index (χ2n) is 8.64. The monoisotopic (exact) mass is 424 g/mol. The molecule has 2 aromatic rings. The molecule has 164 valence electrons. The number of hydrogen-bond acceptors (Lipinski definition) is 6. The lowest BCUT2D eigenvalue weighted by atomic mass is 10.0. The maximum Gasteiger partial charge on any atom is 0.347 e. The molecule has 9 heteroatoms. The Morgan fingerprint density at radius 1 is 1.23 bits per heavy atom. The van der Waals surface area contributed by atoms with Crippen molar-refractivity contribution in [2.45, 2.75) is 59.0 Å². The molecular formula is C22H28N6O3. The Balaban J connectivity index is 1.64. The second-order valence-corrected chi connectivity index (χ2v) is 8.64. The number of aryl methyl sites for hydroxylation is 1. The Bertz CT molecular complexity index is 1060. The van der Waals surface area contributed by atoms with Gasteiger partial charge in [-0.05, 0) is 38.2 Å². The van der Waals surface area contributed by atoms with Crippen molar-refractivity contribution in [2.75, 3.05) is 18.0 Å². The third kappa shape index (κ3) is 4.22. The van der Waals surface area contributed by atoms with E-state index in [9.17, 15) is 14.4 Å². The summed E-state index contributed by atoms with van der Waals surface area (Å²) in [6.45, 7) is 7.24. The van der Waals surface area contributed by atoms with E-state index in [1.807, 2.05) is 6.92 Å². The first-order chi connectivity index (χ1) is 14.8. The quantitative estimate of drug-likeness (QED) is 0.723. The molecule has 1 unspecified atom stereocenters. The Labute approximate surface area is 181 Å². The van der Waals surface area contributed by atoms with Gasteiger partial charge in [0.1, 0.15) is 12.4 Å². The number of hydrogen-bond donors (Lipinski definition) is 0. The van der Waals surface area contributed by atoms with E-state index in [1.165, 1.54) is 10.8 Å². The van der Waals surface area contributed by atoms with E-state index in [1.54, 1.807) is 22.1 Å². The van der Waals surface area contributed by atoms with E-state index in [0.29, 0.717) is 43.5 Å². The van der Waals surface area contributed by atoms with Gasteiger partial charge >= 0.3 is 5.69 Å². The van der Waals surface area contributed by atoms with Crippen LogP contribution in [-0.4, -0.2) is 49.3 Å². The van der Waals surface area contributed by atoms with Crippen molar-refractivity contribution >= 4 is 17.6 Å². The molecule has 2 aromatic heterocycles. The minimum atomic E-state index is -0.449. The fourth-order valence-electron chi connectivity index (χ4n) is 4.38. The number of amides is 2. The molecule has 1 saturated heterocycles. The number of carbonyl (C=O) groups excluding carboxylic acids is 2. The van der Waals surface area contributed by atoms with Crippen LogP contribution in [0.15, 0.2) is 23.3 Å². The zero-order chi connectivity index (χ0) is 22.1. The van der Waals surface area contributed by atoms with Gasteiger partial charge in [-0.2, -0.15) is 0 Å². The first-order valence-electron chi connectivity index (χ1n) is 10.8. The van der Waals surface area contributed by atoms with Gasteiger partial charge in [0.25, 0.3) is 0 Å². The van der Waals surface area contributed by atoms with Gasteiger partial charge in [0, 0.05) is 43.2 Å². The molecule has 2 aliphatic rings. The van der Waals surface area contributed by atoms with Gasteiger partial charge in [-0.25, -0.2) is 19.7 Å². The number of anilines is 1. The van der Waals surface area contributed by atoms with Gasteiger partial charge in [-0.1, -0.05) is 13.8 Å². The highest BCUT2D eigenvalue weighted by Gasteiger charge is 2.35. The molecule has 2 amide bonds. The third-order valence-electron chi connectivity index (χ3n) is 5.86. The smallest absolute Gasteiger partial charge is 0.331 e. The maximum atomic E-state index is 13.0. The Hall–Kier alpha value is -3.10. The van der Waals surface area contributed by atoms with Crippen LogP contribution in [0.25, 0.3) is 0 Å². The first kappa shape index (κ1) is 21.1. The van der Waals surface area contributed by atoms with Crippen LogP contribution >= 0.6 is 0 Å². The number of carbonyl (C=O) groups is 2. The lowest BCUT2D eigenvalue weighted by Crippen LogP contribution is -2.40. The van der Waals surface area contributed by atoms with Crippen molar-refractivity contribution in [1.82, 2.24) is 24.4 Å². The summed E-state index contributed by atoms with van der Waals surface area (Å²) < 4.78 is 1.31. The van der Waals surface area contributed by atoms with E-state index >= 15 is 0 Å². The molecule has 0 spiro atoms. The zero-order valence-corrected chi connectivity index (χ0v) is 18.2. The van der Waals surface area contributed by atoms with Gasteiger partial charge in [0.2, 0.25) is 11.8 Å². The number of aromatic nitrogens is 4. The van der Waals surface area contributed by atoms with Crippen LogP contribution in [-0.2, 0) is 22.6 Å². The fraction of sp³-hybridized carbons (Fsp3) is 0.545. The van der Waals surface area contributed by atoms with Crippen molar-refractivity contribution in [3.05, 3.63) is 46.0 Å². The van der Waals surface area contributed by atoms with Crippen LogP contribution in [0.3, 0.4) is 0 Å². The SMILES string of the molecule is Cc1nc(C2CCCN2C(=O)Cn2cccnc2=O)nc2c1CCC(=O)N2CC(C)C. The third-order valence-corrected chi connectivity index (χ3v) is 5.86. The van der Waals surface area contributed by atoms with Gasteiger partial charge in [-0.15, -0.1) is 0 Å². The molecule has 0 aromatic carbocycles. The number of likely N-dealkylation sites (tertiary alicyclic amines) is 1. The average molecular weight is 425 g/mol. The summed E-state index contributed by atoms with van der Waals surface area (Å²) in [6, 6.07) is 1.37. The largest absolute Gasteiger partial charge is 0.347 e. The summed E-state index contributed by atoms with van der Waals surface area (Å²) in [4.78, 5) is 54.3. The molecule has 31 heavy (non-hydrogen) atoms. The molecule has 0 N–H and O–H groups in total. The molecule has 0 bridgehead atoms. The van der Waals surface area contributed by atoms with Gasteiger partial charge < -0.3 is 4.90 Å². The summed E-state index contributed by atoms with van der Waals surface area (Å²) in [6.07, 6.45) is 5.68. The number of fused-ring (bicyclic) bond motifs is 1. The molecule has 9 nitrogen and oxygen atoms in total. The topological polar surface area (TPSA) is 101 Å². The molecule has 1 fully saturated rings. The molecule has 0 radical (unpaired) electrons. The Kier molecular flexibility index (Phi) is 5.84. The normalized spacial score (nSPS) is 18.6. The lowest BCUT2D eigenvalue weighted by Gasteiger charge is -2.32. The van der Waals surface area contributed by atoms with Gasteiger partial charge in [-0.3, -0.25) is 19.1 Å². The minimum absolute atomic E-state index is 0.0644. The molecule has 0 saturated carbocycles. The predicted octanol–water partition coefficient (Wildman–Crippen LogP) is 1.64. The number of nitrogens with zero attached hydrogens (tertiary/aromatic N) is 6. The molecule has 4 rings (SSSR count). The fourth-order valence-corrected chi connectivity index (χ4v) is 4.38. The molecule has 4 heterocycles. The van der Waals surface area contributed by atoms with Crippen LogP contribution < -0.4 is 10.6 Å². The maximum absolute atomic E-state index is 13.0. The summed E-state index contributed by atoms with van der Waals surface area (Å²) >= 11 is 0. The Morgan fingerprint density at radius 2 is 2.03 bits per heavy atom. The van der Waals surface area contributed by atoms with Crippen molar-refractivity contribution in [3.8, 4) is 0 Å². The van der Waals surface area contributed by atoms with Crippen LogP contribution in [0.2, 0.25) is 0 Å². The van der Waals surface area contributed by atoms with Gasteiger partial charge in [0.15, 0.2) is 5.82 Å². The van der Waals surface area contributed by atoms with E-state index in [0.717, 1.165) is 24.1 Å². The highest BCUT2D eigenvalue weighted by atomic mass is 16.2. The van der Waals surface area contributed by atoms with E-state index in [-0.39, 0.29) is 24.4 Å². The van der Waals surface area contributed by atoms with E-state index < -0.39 is 5.69 Å². The van der Waals surface area contributed by atoms with Gasteiger partial charge in [0.05, 0.1) is 6.04 Å². The highest BCUT2D eigenvalue weighted by molar-refractivity contribution is 5.95. The minimum Gasteiger partial charge on any atom is -0.331 e. The number of rotatable bonds is 5. The summed E-state index contributed by atoms with van der Waals surface area (Å²) in [7, 11) is 0. The summed E-state index contributed by atoms with van der Waals surface area (Å²) in [5.41, 5.74) is 1.43. The Morgan fingerprint density at radius 3 is 2.77 bits per heavy atom. The van der Waals surface area contributed by atoms with Crippen LogP contribution in [0.5, 0.6) is 0 Å². The van der Waals surface area contributed by atoms with Crippen LogP contribution in [0, 0.1) is 12.8 Å². The molecule has 1 atom stereocenters. The molecule has 0 aliphatic carbocycles. The first-order valence-corrected chi connectivity index (χ1v) is 10.8. The lowest BCUT2D eigenvalue weighted by molar-refractivity contribution is -0.133. The molecule has 2 aliphatic heterocycles. The van der Waals surface area contributed by atoms with Crippen molar-refractivity contribution in [2.24, 2.45) is 5.92 Å². The van der Waals surface area contributed by atoms with Crippen molar-refractivity contribution < 1.29 is 9.59 Å². The second kappa shape index (κ2) is 8.56. The van der Waals surface area contributed by atoms with E-state index in [4.69, 9.17) is 9.97 Å². The summed E-state index contributed by atoms with van der Waals surface area (Å²) in [5, 5.41) is 0. The molecular weight excluding hydrogens is 396 g/mol. The van der Waals surface area contributed by atoms with Crippen molar-refractivity contribution in [3.63, 3.8) is 0 Å².